The van der Waals surface area contributed by atoms with Crippen LogP contribution in [0.5, 0.6) is 5.75 Å². The smallest absolute Gasteiger partial charge is 0.191 e. The topological polar surface area (TPSA) is 82.2 Å². The zero-order valence-electron chi connectivity index (χ0n) is 18.1. The van der Waals surface area contributed by atoms with E-state index in [1.165, 1.54) is 5.69 Å². The number of rotatable bonds is 6. The molecule has 0 aliphatic carbocycles. The zero-order valence-corrected chi connectivity index (χ0v) is 18.9. The largest absolute Gasteiger partial charge is 0.497 e. The lowest BCUT2D eigenvalue weighted by Gasteiger charge is -2.37. The highest BCUT2D eigenvalue weighted by atomic mass is 32.2. The molecular weight excluding hydrogens is 422 g/mol. The average Bonchev–Trinajstić information content (AvgIpc) is 3.32. The van der Waals surface area contributed by atoms with Crippen LogP contribution in [-0.2, 0) is 0 Å². The van der Waals surface area contributed by atoms with Crippen LogP contribution >= 0.6 is 11.8 Å². The highest BCUT2D eigenvalue weighted by Gasteiger charge is 2.20. The Kier molecular flexibility index (Phi) is 5.72. The van der Waals surface area contributed by atoms with Crippen molar-refractivity contribution in [2.24, 2.45) is 0 Å². The van der Waals surface area contributed by atoms with Crippen molar-refractivity contribution in [3.05, 3.63) is 54.7 Å². The fourth-order valence-electron chi connectivity index (χ4n) is 3.89. The third-order valence-corrected chi connectivity index (χ3v) is 6.18. The normalized spacial score (nSPS) is 14.1. The number of aromatic nitrogens is 4. The molecule has 0 saturated carbocycles. The molecule has 0 spiro atoms. The second kappa shape index (κ2) is 8.96. The maximum absolute atomic E-state index is 5.27. The molecule has 1 fully saturated rings. The number of nitrogens with one attached hydrogen (secondary N) is 2. The molecule has 2 aromatic heterocycles. The Hall–Kier alpha value is -3.46. The number of H-pyrrole nitrogens is 1. The van der Waals surface area contributed by atoms with Crippen LogP contribution in [-0.4, -0.2) is 59.7 Å². The van der Waals surface area contributed by atoms with E-state index in [1.807, 2.05) is 42.8 Å². The average molecular weight is 448 g/mol. The van der Waals surface area contributed by atoms with Gasteiger partial charge in [-0.2, -0.15) is 5.10 Å². The van der Waals surface area contributed by atoms with E-state index < -0.39 is 0 Å². The minimum absolute atomic E-state index is 0.756. The monoisotopic (exact) mass is 447 g/mol. The standard InChI is InChI=1S/C23H25N7OS/c1-31-19-6-4-18(5-7-19)29-9-11-30(12-10-29)22-14-21(26-23(27-22)32-2)25-17-3-8-20-16(13-17)15-24-28-20/h3-8,13-15H,9-12H2,1-2H3,(H,24,28)(H,25,26,27). The molecule has 1 aliphatic rings. The van der Waals surface area contributed by atoms with Gasteiger partial charge in [0.2, 0.25) is 0 Å². The van der Waals surface area contributed by atoms with Gasteiger partial charge in [0, 0.05) is 49.0 Å². The first-order valence-electron chi connectivity index (χ1n) is 10.5. The van der Waals surface area contributed by atoms with E-state index in [0.717, 1.165) is 65.3 Å². The fraction of sp³-hybridized carbons (Fsp3) is 0.261. The number of methoxy groups -OCH3 is 1. The van der Waals surface area contributed by atoms with Gasteiger partial charge < -0.3 is 19.9 Å². The number of hydrogen-bond donors (Lipinski definition) is 2. The molecule has 9 heteroatoms. The van der Waals surface area contributed by atoms with Crippen LogP contribution in [0.4, 0.5) is 23.0 Å². The van der Waals surface area contributed by atoms with Gasteiger partial charge in [-0.3, -0.25) is 5.10 Å². The third-order valence-electron chi connectivity index (χ3n) is 5.63. The highest BCUT2D eigenvalue weighted by molar-refractivity contribution is 7.98. The van der Waals surface area contributed by atoms with Crippen molar-refractivity contribution < 1.29 is 4.74 Å². The summed E-state index contributed by atoms with van der Waals surface area (Å²) in [6.45, 7) is 3.67. The van der Waals surface area contributed by atoms with Crippen molar-refractivity contribution in [3.63, 3.8) is 0 Å². The molecule has 0 atom stereocenters. The molecular formula is C23H25N7OS. The molecule has 0 radical (unpaired) electrons. The summed E-state index contributed by atoms with van der Waals surface area (Å²) in [7, 11) is 1.69. The van der Waals surface area contributed by atoms with Crippen LogP contribution in [0.1, 0.15) is 0 Å². The summed E-state index contributed by atoms with van der Waals surface area (Å²) in [4.78, 5) is 14.1. The Morgan fingerprint density at radius 1 is 0.969 bits per heavy atom. The number of hydrogen-bond acceptors (Lipinski definition) is 8. The van der Waals surface area contributed by atoms with E-state index in [2.05, 4.69) is 48.5 Å². The summed E-state index contributed by atoms with van der Waals surface area (Å²) < 4.78 is 5.27. The van der Waals surface area contributed by atoms with Gasteiger partial charge in [-0.1, -0.05) is 11.8 Å². The van der Waals surface area contributed by atoms with E-state index in [1.54, 1.807) is 18.9 Å². The summed E-state index contributed by atoms with van der Waals surface area (Å²) >= 11 is 1.55. The number of ether oxygens (including phenoxy) is 1. The summed E-state index contributed by atoms with van der Waals surface area (Å²) in [6.07, 6.45) is 3.82. The summed E-state index contributed by atoms with van der Waals surface area (Å²) in [5.74, 6) is 2.62. The molecule has 8 nitrogen and oxygen atoms in total. The van der Waals surface area contributed by atoms with Crippen molar-refractivity contribution in [1.29, 1.82) is 0 Å². The van der Waals surface area contributed by atoms with E-state index in [0.29, 0.717) is 0 Å². The first-order chi connectivity index (χ1) is 15.7. The Bertz CT molecular complexity index is 1200. The quantitative estimate of drug-likeness (QED) is 0.337. The minimum Gasteiger partial charge on any atom is -0.497 e. The lowest BCUT2D eigenvalue weighted by Crippen LogP contribution is -2.46. The van der Waals surface area contributed by atoms with Crippen LogP contribution in [0, 0.1) is 0 Å². The lowest BCUT2D eigenvalue weighted by atomic mass is 10.2. The van der Waals surface area contributed by atoms with Crippen LogP contribution in [0.25, 0.3) is 10.9 Å². The van der Waals surface area contributed by atoms with Crippen molar-refractivity contribution >= 4 is 45.7 Å². The maximum Gasteiger partial charge on any atom is 0.191 e. The second-order valence-electron chi connectivity index (χ2n) is 7.57. The van der Waals surface area contributed by atoms with Crippen molar-refractivity contribution in [2.75, 3.05) is 54.7 Å². The predicted octanol–water partition coefficient (Wildman–Crippen LogP) is 4.15. The maximum atomic E-state index is 5.27. The van der Waals surface area contributed by atoms with E-state index in [9.17, 15) is 0 Å². The Labute approximate surface area is 191 Å². The number of aromatic amines is 1. The number of benzene rings is 2. The van der Waals surface area contributed by atoms with Crippen molar-refractivity contribution in [1.82, 2.24) is 20.2 Å². The number of anilines is 4. The molecule has 0 amide bonds. The Morgan fingerprint density at radius 2 is 1.75 bits per heavy atom. The molecule has 164 valence electrons. The number of piperazine rings is 1. The molecule has 0 bridgehead atoms. The van der Waals surface area contributed by atoms with Gasteiger partial charge >= 0.3 is 0 Å². The summed E-state index contributed by atoms with van der Waals surface area (Å²) in [6, 6.07) is 16.4. The van der Waals surface area contributed by atoms with E-state index in [4.69, 9.17) is 9.72 Å². The fourth-order valence-corrected chi connectivity index (χ4v) is 4.26. The molecule has 4 aromatic rings. The molecule has 3 heterocycles. The predicted molar refractivity (Wildman–Crippen MR) is 131 cm³/mol. The SMILES string of the molecule is COc1ccc(N2CCN(c3cc(Nc4ccc5[nH]ncc5c4)nc(SC)n3)CC2)cc1. The van der Waals surface area contributed by atoms with Crippen molar-refractivity contribution in [2.45, 2.75) is 5.16 Å². The zero-order chi connectivity index (χ0) is 21.9. The molecule has 1 aliphatic heterocycles. The van der Waals surface area contributed by atoms with Gasteiger partial charge in [0.25, 0.3) is 0 Å². The molecule has 0 unspecified atom stereocenters. The van der Waals surface area contributed by atoms with Crippen LogP contribution in [0.15, 0.2) is 59.9 Å². The first-order valence-corrected chi connectivity index (χ1v) is 11.7. The number of thioether (sulfide) groups is 1. The molecule has 2 aromatic carbocycles. The van der Waals surface area contributed by atoms with Gasteiger partial charge in [-0.15, -0.1) is 0 Å². The van der Waals surface area contributed by atoms with E-state index in [-0.39, 0.29) is 0 Å². The van der Waals surface area contributed by atoms with Crippen LogP contribution in [0.2, 0.25) is 0 Å². The summed E-state index contributed by atoms with van der Waals surface area (Å²) in [5.41, 5.74) is 3.20. The van der Waals surface area contributed by atoms with Gasteiger partial charge in [0.05, 0.1) is 18.8 Å². The number of nitrogens with zero attached hydrogens (tertiary/aromatic N) is 5. The van der Waals surface area contributed by atoms with E-state index >= 15 is 0 Å². The van der Waals surface area contributed by atoms with Crippen molar-refractivity contribution in [3.8, 4) is 5.75 Å². The van der Waals surface area contributed by atoms with Gasteiger partial charge in [0.15, 0.2) is 5.16 Å². The third kappa shape index (κ3) is 4.29. The summed E-state index contributed by atoms with van der Waals surface area (Å²) in [5, 5.41) is 12.3. The first kappa shape index (κ1) is 20.4. The van der Waals surface area contributed by atoms with Gasteiger partial charge in [0.1, 0.15) is 17.4 Å². The van der Waals surface area contributed by atoms with Gasteiger partial charge in [-0.25, -0.2) is 9.97 Å². The minimum atomic E-state index is 0.756. The molecule has 32 heavy (non-hydrogen) atoms. The Morgan fingerprint density at radius 3 is 2.50 bits per heavy atom. The van der Waals surface area contributed by atoms with Gasteiger partial charge in [-0.05, 0) is 48.7 Å². The van der Waals surface area contributed by atoms with Crippen LogP contribution < -0.4 is 19.9 Å². The second-order valence-corrected chi connectivity index (χ2v) is 8.34. The number of fused-ring (bicyclic) bond motifs is 1. The molecule has 5 rings (SSSR count). The lowest BCUT2D eigenvalue weighted by molar-refractivity contribution is 0.415. The molecule has 1 saturated heterocycles. The Balaban J connectivity index is 1.31. The van der Waals surface area contributed by atoms with Crippen LogP contribution in [0.3, 0.4) is 0 Å². The molecule has 2 N–H and O–H groups in total. The highest BCUT2D eigenvalue weighted by Crippen LogP contribution is 2.27.